The first-order chi connectivity index (χ1) is 13.2. The van der Waals surface area contributed by atoms with Gasteiger partial charge in [-0.05, 0) is 43.5 Å². The molecule has 3 heterocycles. The van der Waals surface area contributed by atoms with Crippen LogP contribution in [-0.4, -0.2) is 49.4 Å². The highest BCUT2D eigenvalue weighted by Crippen LogP contribution is 2.35. The molecule has 1 aromatic carbocycles. The predicted molar refractivity (Wildman–Crippen MR) is 118 cm³/mol. The molecule has 0 spiro atoms. The fourth-order valence-corrected chi connectivity index (χ4v) is 4.88. The second-order valence-electron chi connectivity index (χ2n) is 6.76. The Morgan fingerprint density at radius 2 is 1.74 bits per heavy atom. The van der Waals surface area contributed by atoms with Gasteiger partial charge in [0.15, 0.2) is 10.9 Å². The summed E-state index contributed by atoms with van der Waals surface area (Å²) < 4.78 is 5.51. The molecule has 27 heavy (non-hydrogen) atoms. The van der Waals surface area contributed by atoms with Crippen molar-refractivity contribution in [2.75, 3.05) is 54.5 Å². The summed E-state index contributed by atoms with van der Waals surface area (Å²) in [5.41, 5.74) is 0.935. The second kappa shape index (κ2) is 8.73. The molecule has 0 aliphatic carbocycles. The van der Waals surface area contributed by atoms with Gasteiger partial charge in [0.1, 0.15) is 9.87 Å². The van der Waals surface area contributed by atoms with E-state index >= 15 is 0 Å². The zero-order valence-corrected chi connectivity index (χ0v) is 17.5. The number of nitrogens with one attached hydrogen (secondary N) is 1. The highest BCUT2D eigenvalue weighted by molar-refractivity contribution is 7.81. The van der Waals surface area contributed by atoms with E-state index in [1.807, 2.05) is 24.3 Å². The molecule has 4 rings (SSSR count). The molecule has 0 radical (unpaired) electrons. The van der Waals surface area contributed by atoms with Gasteiger partial charge in [0.25, 0.3) is 0 Å². The molecule has 0 amide bonds. The summed E-state index contributed by atoms with van der Waals surface area (Å²) in [5.74, 6) is 0.982. The molecule has 0 unspecified atom stereocenters. The number of ether oxygens (including phenoxy) is 1. The Morgan fingerprint density at radius 3 is 2.44 bits per heavy atom. The highest BCUT2D eigenvalue weighted by Gasteiger charge is 2.25. The normalized spacial score (nSPS) is 17.8. The maximum Gasteiger partial charge on any atom is 0.188 e. The number of rotatable bonds is 4. The number of halogens is 1. The van der Waals surface area contributed by atoms with E-state index in [0.717, 1.165) is 60.9 Å². The van der Waals surface area contributed by atoms with Crippen LogP contribution >= 0.6 is 35.2 Å². The molecule has 0 bridgehead atoms. The minimum atomic E-state index is 0.708. The molecule has 5 nitrogen and oxygen atoms in total. The number of thiazole rings is 1. The lowest BCUT2D eigenvalue weighted by Gasteiger charge is -2.28. The van der Waals surface area contributed by atoms with Gasteiger partial charge < -0.3 is 19.9 Å². The van der Waals surface area contributed by atoms with Crippen LogP contribution in [0.5, 0.6) is 0 Å². The largest absolute Gasteiger partial charge is 0.378 e. The van der Waals surface area contributed by atoms with Gasteiger partial charge in [0, 0.05) is 36.9 Å². The van der Waals surface area contributed by atoms with Crippen LogP contribution in [-0.2, 0) is 4.74 Å². The summed E-state index contributed by atoms with van der Waals surface area (Å²) in [4.78, 5) is 11.4. The number of thiocarbonyl (C=S) groups is 1. The van der Waals surface area contributed by atoms with Crippen molar-refractivity contribution < 1.29 is 4.74 Å². The third-order valence-electron chi connectivity index (χ3n) is 4.84. The van der Waals surface area contributed by atoms with E-state index in [4.69, 9.17) is 33.5 Å². The Kier molecular flexibility index (Phi) is 6.12. The van der Waals surface area contributed by atoms with Crippen LogP contribution in [0.4, 0.5) is 16.6 Å². The third-order valence-corrected chi connectivity index (χ3v) is 6.65. The molecular weight excluding hydrogens is 400 g/mol. The van der Waals surface area contributed by atoms with E-state index in [1.165, 1.54) is 19.3 Å². The summed E-state index contributed by atoms with van der Waals surface area (Å²) in [7, 11) is 0. The van der Waals surface area contributed by atoms with Crippen molar-refractivity contribution in [1.29, 1.82) is 0 Å². The van der Waals surface area contributed by atoms with E-state index in [1.54, 1.807) is 11.3 Å². The standard InChI is InChI=1S/C19H23ClN4OS2/c20-14-4-6-15(7-5-14)21-18(26)16-17(23-10-12-25-13-11-23)22-19(27-16)24-8-2-1-3-9-24/h4-7H,1-3,8-13H2,(H,21,26). The Hall–Kier alpha value is -1.41. The minimum Gasteiger partial charge on any atom is -0.378 e. The fraction of sp³-hybridized carbons (Fsp3) is 0.474. The number of piperidine rings is 1. The molecule has 2 fully saturated rings. The van der Waals surface area contributed by atoms with E-state index < -0.39 is 0 Å². The molecule has 1 aromatic heterocycles. The van der Waals surface area contributed by atoms with E-state index in [9.17, 15) is 0 Å². The van der Waals surface area contributed by atoms with Gasteiger partial charge in [-0.25, -0.2) is 4.98 Å². The molecule has 2 aromatic rings. The molecule has 0 atom stereocenters. The first-order valence-electron chi connectivity index (χ1n) is 9.36. The van der Waals surface area contributed by atoms with Gasteiger partial charge in [0.2, 0.25) is 0 Å². The van der Waals surface area contributed by atoms with Crippen molar-refractivity contribution in [2.45, 2.75) is 19.3 Å². The summed E-state index contributed by atoms with van der Waals surface area (Å²) in [6, 6.07) is 7.60. The Bertz CT molecular complexity index is 784. The minimum absolute atomic E-state index is 0.708. The summed E-state index contributed by atoms with van der Waals surface area (Å²) in [5, 5.41) is 5.14. The number of benzene rings is 1. The monoisotopic (exact) mass is 422 g/mol. The average molecular weight is 423 g/mol. The summed E-state index contributed by atoms with van der Waals surface area (Å²) in [6.45, 7) is 5.31. The van der Waals surface area contributed by atoms with Gasteiger partial charge in [-0.1, -0.05) is 35.2 Å². The van der Waals surface area contributed by atoms with Crippen molar-refractivity contribution in [3.8, 4) is 0 Å². The zero-order valence-electron chi connectivity index (χ0n) is 15.1. The van der Waals surface area contributed by atoms with E-state index in [-0.39, 0.29) is 0 Å². The topological polar surface area (TPSA) is 40.6 Å². The van der Waals surface area contributed by atoms with Crippen LogP contribution < -0.4 is 15.1 Å². The van der Waals surface area contributed by atoms with E-state index in [2.05, 4.69) is 15.1 Å². The number of aromatic nitrogens is 1. The van der Waals surface area contributed by atoms with Gasteiger partial charge in [-0.2, -0.15) is 0 Å². The lowest BCUT2D eigenvalue weighted by molar-refractivity contribution is 0.122. The summed E-state index contributed by atoms with van der Waals surface area (Å²) >= 11 is 13.4. The molecule has 2 aliphatic rings. The molecule has 2 aliphatic heterocycles. The molecular formula is C19H23ClN4OS2. The first kappa shape index (κ1) is 18.9. The SMILES string of the molecule is S=C(Nc1ccc(Cl)cc1)c1sc(N2CCCCC2)nc1N1CCOCC1. The van der Waals surface area contributed by atoms with Crippen LogP contribution in [0.2, 0.25) is 5.02 Å². The Labute approximate surface area is 174 Å². The van der Waals surface area contributed by atoms with E-state index in [0.29, 0.717) is 10.0 Å². The second-order valence-corrected chi connectivity index (χ2v) is 8.58. The number of hydrogen-bond donors (Lipinski definition) is 1. The van der Waals surface area contributed by atoms with Crippen LogP contribution in [0, 0.1) is 0 Å². The smallest absolute Gasteiger partial charge is 0.188 e. The number of nitrogens with zero attached hydrogens (tertiary/aromatic N) is 3. The van der Waals surface area contributed by atoms with Crippen molar-refractivity contribution in [3.05, 3.63) is 34.2 Å². The van der Waals surface area contributed by atoms with Crippen molar-refractivity contribution >= 4 is 56.8 Å². The van der Waals surface area contributed by atoms with Crippen LogP contribution in [0.1, 0.15) is 24.1 Å². The average Bonchev–Trinajstić information content (AvgIpc) is 3.17. The molecule has 144 valence electrons. The van der Waals surface area contributed by atoms with Gasteiger partial charge >= 0.3 is 0 Å². The number of hydrogen-bond acceptors (Lipinski definition) is 6. The Balaban J connectivity index is 1.60. The van der Waals surface area contributed by atoms with Crippen molar-refractivity contribution in [3.63, 3.8) is 0 Å². The molecule has 0 saturated carbocycles. The number of anilines is 3. The van der Waals surface area contributed by atoms with Crippen LogP contribution in [0.3, 0.4) is 0 Å². The lowest BCUT2D eigenvalue weighted by atomic mass is 10.1. The van der Waals surface area contributed by atoms with Gasteiger partial charge in [0.05, 0.1) is 13.2 Å². The van der Waals surface area contributed by atoms with Gasteiger partial charge in [-0.15, -0.1) is 0 Å². The fourth-order valence-electron chi connectivity index (χ4n) is 3.38. The highest BCUT2D eigenvalue weighted by atomic mass is 35.5. The third kappa shape index (κ3) is 4.54. The molecule has 8 heteroatoms. The van der Waals surface area contributed by atoms with Crippen LogP contribution in [0.15, 0.2) is 24.3 Å². The Morgan fingerprint density at radius 1 is 1.04 bits per heavy atom. The summed E-state index contributed by atoms with van der Waals surface area (Å²) in [6.07, 6.45) is 3.77. The first-order valence-corrected chi connectivity index (χ1v) is 11.0. The quantitative estimate of drug-likeness (QED) is 0.736. The van der Waals surface area contributed by atoms with Gasteiger partial charge in [-0.3, -0.25) is 0 Å². The van der Waals surface area contributed by atoms with Crippen LogP contribution in [0.25, 0.3) is 0 Å². The molecule has 1 N–H and O–H groups in total. The lowest BCUT2D eigenvalue weighted by Crippen LogP contribution is -2.37. The van der Waals surface area contributed by atoms with Crippen molar-refractivity contribution in [2.24, 2.45) is 0 Å². The van der Waals surface area contributed by atoms with Crippen molar-refractivity contribution in [1.82, 2.24) is 4.98 Å². The number of morpholine rings is 1. The zero-order chi connectivity index (χ0) is 18.6. The maximum atomic E-state index is 5.99. The predicted octanol–water partition coefficient (Wildman–Crippen LogP) is 4.41. The molecule has 2 saturated heterocycles. The maximum absolute atomic E-state index is 5.99.